The van der Waals surface area contributed by atoms with Crippen LogP contribution in [-0.2, 0) is 0 Å². The Balaban J connectivity index is 2.52. The molecule has 0 amide bonds. The van der Waals surface area contributed by atoms with E-state index in [0.717, 1.165) is 6.42 Å². The van der Waals surface area contributed by atoms with Crippen molar-refractivity contribution >= 4 is 11.6 Å². The Morgan fingerprint density at radius 2 is 1.56 bits per heavy atom. The van der Waals surface area contributed by atoms with Gasteiger partial charge < -0.3 is 0 Å². The van der Waals surface area contributed by atoms with Crippen molar-refractivity contribution in [1.29, 1.82) is 0 Å². The van der Waals surface area contributed by atoms with E-state index in [4.69, 9.17) is 11.6 Å². The number of hydrogen-bond donors (Lipinski definition) is 0. The fourth-order valence-electron chi connectivity index (χ4n) is 1.83. The zero-order valence-corrected chi connectivity index (χ0v) is 11.4. The smallest absolute Gasteiger partial charge is 0.0585 e. The monoisotopic (exact) mass is 238 g/mol. The van der Waals surface area contributed by atoms with Crippen LogP contribution in [0.3, 0.4) is 0 Å². The van der Waals surface area contributed by atoms with E-state index in [0.29, 0.717) is 5.92 Å². The van der Waals surface area contributed by atoms with E-state index < -0.39 is 0 Å². The van der Waals surface area contributed by atoms with Gasteiger partial charge in [0.25, 0.3) is 0 Å². The molecule has 0 fully saturated rings. The van der Waals surface area contributed by atoms with Crippen molar-refractivity contribution in [2.75, 3.05) is 0 Å². The van der Waals surface area contributed by atoms with Gasteiger partial charge >= 0.3 is 0 Å². The first kappa shape index (κ1) is 13.6. The van der Waals surface area contributed by atoms with Gasteiger partial charge in [-0.15, -0.1) is 11.6 Å². The molecule has 0 aromatic heterocycles. The van der Waals surface area contributed by atoms with Gasteiger partial charge in [-0.25, -0.2) is 0 Å². The fourth-order valence-corrected chi connectivity index (χ4v) is 2.13. The fraction of sp³-hybridized carbons (Fsp3) is 0.600. The summed E-state index contributed by atoms with van der Waals surface area (Å²) in [4.78, 5) is 0. The van der Waals surface area contributed by atoms with Crippen LogP contribution in [-0.4, -0.2) is 0 Å². The Bertz CT molecular complexity index is 287. The molecule has 0 saturated heterocycles. The minimum atomic E-state index is 0.188. The molecule has 0 aliphatic heterocycles. The van der Waals surface area contributed by atoms with Crippen molar-refractivity contribution in [3.63, 3.8) is 0 Å². The second-order valence-electron chi connectivity index (χ2n) is 4.78. The summed E-state index contributed by atoms with van der Waals surface area (Å²) in [6.45, 7) is 6.66. The van der Waals surface area contributed by atoms with E-state index in [2.05, 4.69) is 45.0 Å². The highest BCUT2D eigenvalue weighted by molar-refractivity contribution is 6.20. The maximum absolute atomic E-state index is 6.37. The molecule has 1 heteroatoms. The first-order valence-corrected chi connectivity index (χ1v) is 6.82. The molecule has 1 atom stereocenters. The second kappa shape index (κ2) is 6.96. The van der Waals surface area contributed by atoms with E-state index in [-0.39, 0.29) is 5.38 Å². The molecular formula is C15H23Cl. The second-order valence-corrected chi connectivity index (χ2v) is 5.31. The predicted molar refractivity (Wildman–Crippen MR) is 73.3 cm³/mol. The summed E-state index contributed by atoms with van der Waals surface area (Å²) in [5.41, 5.74) is 2.66. The molecule has 1 unspecified atom stereocenters. The highest BCUT2D eigenvalue weighted by Gasteiger charge is 2.07. The van der Waals surface area contributed by atoms with E-state index in [9.17, 15) is 0 Å². The largest absolute Gasteiger partial charge is 0.118 e. The van der Waals surface area contributed by atoms with Gasteiger partial charge in [0.2, 0.25) is 0 Å². The van der Waals surface area contributed by atoms with Crippen molar-refractivity contribution in [1.82, 2.24) is 0 Å². The summed E-state index contributed by atoms with van der Waals surface area (Å²) in [6.07, 6.45) is 4.87. The molecule has 0 nitrogen and oxygen atoms in total. The molecule has 0 aliphatic rings. The molecule has 0 spiro atoms. The lowest BCUT2D eigenvalue weighted by Gasteiger charge is -2.11. The summed E-state index contributed by atoms with van der Waals surface area (Å²) in [7, 11) is 0. The van der Waals surface area contributed by atoms with Gasteiger partial charge in [0.1, 0.15) is 0 Å². The van der Waals surface area contributed by atoms with Crippen molar-refractivity contribution < 1.29 is 0 Å². The summed E-state index contributed by atoms with van der Waals surface area (Å²) >= 11 is 6.37. The number of benzene rings is 1. The lowest BCUT2D eigenvalue weighted by atomic mass is 9.99. The molecule has 0 radical (unpaired) electrons. The number of unbranched alkanes of at least 4 members (excludes halogenated alkanes) is 2. The maximum Gasteiger partial charge on any atom is 0.0585 e. The van der Waals surface area contributed by atoms with Crippen LogP contribution in [0.15, 0.2) is 24.3 Å². The van der Waals surface area contributed by atoms with Crippen molar-refractivity contribution in [3.05, 3.63) is 35.4 Å². The van der Waals surface area contributed by atoms with Gasteiger partial charge in [0.15, 0.2) is 0 Å². The molecule has 0 N–H and O–H groups in total. The van der Waals surface area contributed by atoms with Gasteiger partial charge in [-0.2, -0.15) is 0 Å². The van der Waals surface area contributed by atoms with Crippen molar-refractivity contribution in [3.8, 4) is 0 Å². The molecule has 1 rings (SSSR count). The average Bonchev–Trinajstić information content (AvgIpc) is 2.29. The van der Waals surface area contributed by atoms with Crippen LogP contribution in [0, 0.1) is 0 Å². The van der Waals surface area contributed by atoms with Gasteiger partial charge in [-0.1, -0.05) is 64.3 Å². The summed E-state index contributed by atoms with van der Waals surface area (Å²) in [5.74, 6) is 0.600. The Labute approximate surface area is 105 Å². The lowest BCUT2D eigenvalue weighted by molar-refractivity contribution is 0.655. The third kappa shape index (κ3) is 4.17. The Morgan fingerprint density at radius 3 is 2.06 bits per heavy atom. The number of hydrogen-bond acceptors (Lipinski definition) is 0. The topological polar surface area (TPSA) is 0 Å². The van der Waals surface area contributed by atoms with Gasteiger partial charge in [-0.05, 0) is 23.5 Å². The summed E-state index contributed by atoms with van der Waals surface area (Å²) in [5, 5.41) is 0.188. The van der Waals surface area contributed by atoms with Gasteiger partial charge in [0.05, 0.1) is 5.38 Å². The standard InChI is InChI=1S/C15H23Cl/c1-4-5-6-7-15(16)14-10-8-13(9-11-14)12(2)3/h8-12,15H,4-7H2,1-3H3. The molecule has 1 aromatic rings. The Hall–Kier alpha value is -0.490. The predicted octanol–water partition coefficient (Wildman–Crippen LogP) is 5.67. The molecule has 0 aliphatic carbocycles. The average molecular weight is 239 g/mol. The minimum Gasteiger partial charge on any atom is -0.118 e. The zero-order chi connectivity index (χ0) is 12.0. The Kier molecular flexibility index (Phi) is 5.90. The van der Waals surface area contributed by atoms with Gasteiger partial charge in [-0.3, -0.25) is 0 Å². The Morgan fingerprint density at radius 1 is 1.00 bits per heavy atom. The zero-order valence-electron chi connectivity index (χ0n) is 10.7. The molecule has 0 bridgehead atoms. The van der Waals surface area contributed by atoms with E-state index in [1.165, 1.54) is 30.4 Å². The SMILES string of the molecule is CCCCCC(Cl)c1ccc(C(C)C)cc1. The third-order valence-corrected chi connectivity index (χ3v) is 3.50. The quantitative estimate of drug-likeness (QED) is 0.443. The van der Waals surface area contributed by atoms with Crippen LogP contribution in [0.4, 0.5) is 0 Å². The molecule has 0 saturated carbocycles. The molecule has 90 valence electrons. The number of rotatable bonds is 6. The number of alkyl halides is 1. The van der Waals surface area contributed by atoms with Crippen LogP contribution in [0.25, 0.3) is 0 Å². The third-order valence-electron chi connectivity index (χ3n) is 3.03. The van der Waals surface area contributed by atoms with Crippen LogP contribution >= 0.6 is 11.6 Å². The van der Waals surface area contributed by atoms with Crippen molar-refractivity contribution in [2.45, 2.75) is 57.7 Å². The molecule has 16 heavy (non-hydrogen) atoms. The van der Waals surface area contributed by atoms with E-state index in [1.807, 2.05) is 0 Å². The van der Waals surface area contributed by atoms with Crippen LogP contribution < -0.4 is 0 Å². The van der Waals surface area contributed by atoms with Crippen molar-refractivity contribution in [2.24, 2.45) is 0 Å². The number of halogens is 1. The molecule has 0 heterocycles. The van der Waals surface area contributed by atoms with Crippen LogP contribution in [0.2, 0.25) is 0 Å². The minimum absolute atomic E-state index is 0.188. The highest BCUT2D eigenvalue weighted by Crippen LogP contribution is 2.27. The van der Waals surface area contributed by atoms with E-state index >= 15 is 0 Å². The normalized spacial score (nSPS) is 13.1. The summed E-state index contributed by atoms with van der Waals surface area (Å²) < 4.78 is 0. The van der Waals surface area contributed by atoms with Crippen LogP contribution in [0.5, 0.6) is 0 Å². The van der Waals surface area contributed by atoms with Crippen LogP contribution in [0.1, 0.15) is 68.9 Å². The highest BCUT2D eigenvalue weighted by atomic mass is 35.5. The van der Waals surface area contributed by atoms with Gasteiger partial charge in [0, 0.05) is 0 Å². The summed E-state index contributed by atoms with van der Waals surface area (Å²) in [6, 6.07) is 8.77. The maximum atomic E-state index is 6.37. The van der Waals surface area contributed by atoms with E-state index in [1.54, 1.807) is 0 Å². The lowest BCUT2D eigenvalue weighted by Crippen LogP contribution is -1.93. The molecule has 1 aromatic carbocycles. The molecular weight excluding hydrogens is 216 g/mol. The first-order valence-electron chi connectivity index (χ1n) is 6.39. The first-order chi connectivity index (χ1) is 7.65.